The van der Waals surface area contributed by atoms with Crippen LogP contribution in [-0.4, -0.2) is 25.8 Å². The van der Waals surface area contributed by atoms with Crippen molar-refractivity contribution in [1.82, 2.24) is 0 Å². The Balaban J connectivity index is 2.30. The first-order chi connectivity index (χ1) is 10.2. The maximum Gasteiger partial charge on any atom is 0.196 e. The summed E-state index contributed by atoms with van der Waals surface area (Å²) >= 11 is 1.75. The van der Waals surface area contributed by atoms with Crippen molar-refractivity contribution in [3.8, 4) is 11.5 Å². The van der Waals surface area contributed by atoms with E-state index in [2.05, 4.69) is 6.92 Å². The van der Waals surface area contributed by atoms with Gasteiger partial charge in [0.05, 0.1) is 19.8 Å². The van der Waals surface area contributed by atoms with Gasteiger partial charge >= 0.3 is 0 Å². The van der Waals surface area contributed by atoms with E-state index in [0.717, 1.165) is 10.6 Å². The quantitative estimate of drug-likeness (QED) is 0.596. The van der Waals surface area contributed by atoms with E-state index in [-0.39, 0.29) is 5.78 Å². The van der Waals surface area contributed by atoms with E-state index in [1.54, 1.807) is 44.2 Å². The van der Waals surface area contributed by atoms with E-state index in [1.807, 2.05) is 24.3 Å². The van der Waals surface area contributed by atoms with Gasteiger partial charge in [0.2, 0.25) is 0 Å². The minimum atomic E-state index is -0.0532. The van der Waals surface area contributed by atoms with Crippen molar-refractivity contribution < 1.29 is 14.3 Å². The predicted octanol–water partition coefficient (Wildman–Crippen LogP) is 4.05. The van der Waals surface area contributed by atoms with Crippen molar-refractivity contribution in [2.75, 3.05) is 20.0 Å². The second kappa shape index (κ2) is 7.18. The molecule has 0 spiro atoms. The molecule has 0 aliphatic rings. The summed E-state index contributed by atoms with van der Waals surface area (Å²) in [4.78, 5) is 13.7. The average molecular weight is 302 g/mol. The van der Waals surface area contributed by atoms with E-state index in [4.69, 9.17) is 9.47 Å². The summed E-state index contributed by atoms with van der Waals surface area (Å²) in [5, 5.41) is 0. The van der Waals surface area contributed by atoms with Crippen molar-refractivity contribution in [1.29, 1.82) is 0 Å². The average Bonchev–Trinajstić information content (AvgIpc) is 2.54. The molecule has 0 aliphatic heterocycles. The van der Waals surface area contributed by atoms with Gasteiger partial charge in [0.25, 0.3) is 0 Å². The van der Waals surface area contributed by atoms with E-state index < -0.39 is 0 Å². The Kier molecular flexibility index (Phi) is 5.28. The number of thioether (sulfide) groups is 1. The molecule has 0 aromatic heterocycles. The first-order valence-electron chi connectivity index (χ1n) is 6.69. The number of carbonyl (C=O) groups excluding carboxylic acids is 1. The third-order valence-electron chi connectivity index (χ3n) is 3.08. The number of hydrogen-bond acceptors (Lipinski definition) is 4. The maximum atomic E-state index is 12.6. The molecule has 0 saturated heterocycles. The molecule has 3 nitrogen and oxygen atoms in total. The molecule has 0 radical (unpaired) electrons. The molecule has 0 N–H and O–H groups in total. The fraction of sp³-hybridized carbons (Fsp3) is 0.235. The van der Waals surface area contributed by atoms with Crippen molar-refractivity contribution in [3.63, 3.8) is 0 Å². The molecule has 0 heterocycles. The molecule has 0 atom stereocenters. The number of ketones is 1. The Morgan fingerprint density at radius 1 is 1.05 bits per heavy atom. The monoisotopic (exact) mass is 302 g/mol. The van der Waals surface area contributed by atoms with Crippen LogP contribution < -0.4 is 9.47 Å². The van der Waals surface area contributed by atoms with Gasteiger partial charge in [-0.1, -0.05) is 6.92 Å². The molecular formula is C17H18O3S. The van der Waals surface area contributed by atoms with E-state index >= 15 is 0 Å². The van der Waals surface area contributed by atoms with Crippen molar-refractivity contribution in [3.05, 3.63) is 53.6 Å². The summed E-state index contributed by atoms with van der Waals surface area (Å²) in [6.07, 6.45) is 0. The molecule has 0 unspecified atom stereocenters. The highest BCUT2D eigenvalue weighted by Crippen LogP contribution is 2.27. The van der Waals surface area contributed by atoms with Crippen molar-refractivity contribution >= 4 is 17.5 Å². The predicted molar refractivity (Wildman–Crippen MR) is 85.8 cm³/mol. The molecule has 4 heteroatoms. The number of rotatable bonds is 6. The zero-order valence-corrected chi connectivity index (χ0v) is 13.2. The van der Waals surface area contributed by atoms with Crippen LogP contribution in [0.5, 0.6) is 11.5 Å². The van der Waals surface area contributed by atoms with Crippen LogP contribution in [0.25, 0.3) is 0 Å². The van der Waals surface area contributed by atoms with Crippen LogP contribution in [0.4, 0.5) is 0 Å². The van der Waals surface area contributed by atoms with Gasteiger partial charge in [0.1, 0.15) is 11.5 Å². The van der Waals surface area contributed by atoms with Crippen LogP contribution in [0, 0.1) is 0 Å². The van der Waals surface area contributed by atoms with Gasteiger partial charge < -0.3 is 9.47 Å². The first-order valence-corrected chi connectivity index (χ1v) is 7.67. The lowest BCUT2D eigenvalue weighted by Gasteiger charge is -2.10. The fourth-order valence-corrected chi connectivity index (χ4v) is 2.67. The SMILES string of the molecule is CCSc1ccc(C(=O)c2ccc(OC)cc2OC)cc1. The lowest BCUT2D eigenvalue weighted by atomic mass is 10.0. The largest absolute Gasteiger partial charge is 0.497 e. The van der Waals surface area contributed by atoms with E-state index in [1.165, 1.54) is 0 Å². The smallest absolute Gasteiger partial charge is 0.196 e. The van der Waals surface area contributed by atoms with Crippen LogP contribution in [-0.2, 0) is 0 Å². The van der Waals surface area contributed by atoms with E-state index in [9.17, 15) is 4.79 Å². The third-order valence-corrected chi connectivity index (χ3v) is 3.98. The van der Waals surface area contributed by atoms with Gasteiger partial charge in [-0.15, -0.1) is 11.8 Å². The van der Waals surface area contributed by atoms with Crippen LogP contribution in [0.1, 0.15) is 22.8 Å². The minimum Gasteiger partial charge on any atom is -0.497 e. The zero-order valence-electron chi connectivity index (χ0n) is 12.4. The van der Waals surface area contributed by atoms with Gasteiger partial charge in [-0.2, -0.15) is 0 Å². The van der Waals surface area contributed by atoms with Crippen LogP contribution in [0.15, 0.2) is 47.4 Å². The Hall–Kier alpha value is -1.94. The Labute approximate surface area is 129 Å². The van der Waals surface area contributed by atoms with Gasteiger partial charge in [-0.3, -0.25) is 4.79 Å². The van der Waals surface area contributed by atoms with Gasteiger partial charge in [-0.05, 0) is 42.2 Å². The minimum absolute atomic E-state index is 0.0532. The van der Waals surface area contributed by atoms with Crippen molar-refractivity contribution in [2.45, 2.75) is 11.8 Å². The summed E-state index contributed by atoms with van der Waals surface area (Å²) in [6, 6.07) is 12.9. The molecule has 0 aliphatic carbocycles. The zero-order chi connectivity index (χ0) is 15.2. The molecule has 2 aromatic carbocycles. The topological polar surface area (TPSA) is 35.5 Å². The second-order valence-electron chi connectivity index (χ2n) is 4.35. The number of carbonyl (C=O) groups is 1. The normalized spacial score (nSPS) is 10.2. The Bertz CT molecular complexity index is 620. The highest BCUT2D eigenvalue weighted by Gasteiger charge is 2.15. The summed E-state index contributed by atoms with van der Waals surface area (Å²) < 4.78 is 10.4. The Morgan fingerprint density at radius 2 is 1.76 bits per heavy atom. The number of ether oxygens (including phenoxy) is 2. The number of methoxy groups -OCH3 is 2. The summed E-state index contributed by atoms with van der Waals surface area (Å²) in [5.41, 5.74) is 1.19. The van der Waals surface area contributed by atoms with Crippen LogP contribution >= 0.6 is 11.8 Å². The highest BCUT2D eigenvalue weighted by molar-refractivity contribution is 7.99. The molecule has 110 valence electrons. The number of hydrogen-bond donors (Lipinski definition) is 0. The Morgan fingerprint density at radius 3 is 2.33 bits per heavy atom. The lowest BCUT2D eigenvalue weighted by Crippen LogP contribution is -2.04. The third kappa shape index (κ3) is 3.58. The van der Waals surface area contributed by atoms with E-state index in [0.29, 0.717) is 22.6 Å². The lowest BCUT2D eigenvalue weighted by molar-refractivity contribution is 0.103. The molecule has 0 saturated carbocycles. The van der Waals surface area contributed by atoms with Gasteiger partial charge in [0, 0.05) is 16.5 Å². The molecular weight excluding hydrogens is 284 g/mol. The summed E-state index contributed by atoms with van der Waals surface area (Å²) in [6.45, 7) is 2.10. The van der Waals surface area contributed by atoms with Crippen LogP contribution in [0.3, 0.4) is 0 Å². The highest BCUT2D eigenvalue weighted by atomic mass is 32.2. The summed E-state index contributed by atoms with van der Waals surface area (Å²) in [5.74, 6) is 2.14. The van der Waals surface area contributed by atoms with Crippen LogP contribution in [0.2, 0.25) is 0 Å². The molecule has 0 bridgehead atoms. The molecule has 2 aromatic rings. The molecule has 0 amide bonds. The van der Waals surface area contributed by atoms with Gasteiger partial charge in [-0.25, -0.2) is 0 Å². The second-order valence-corrected chi connectivity index (χ2v) is 5.69. The molecule has 2 rings (SSSR count). The van der Waals surface area contributed by atoms with Crippen molar-refractivity contribution in [2.24, 2.45) is 0 Å². The summed E-state index contributed by atoms with van der Waals surface area (Å²) in [7, 11) is 3.13. The fourth-order valence-electron chi connectivity index (χ4n) is 2.01. The number of benzene rings is 2. The molecule has 21 heavy (non-hydrogen) atoms. The first kappa shape index (κ1) is 15.4. The maximum absolute atomic E-state index is 12.6. The van der Waals surface area contributed by atoms with Gasteiger partial charge in [0.15, 0.2) is 5.78 Å². The molecule has 0 fully saturated rings. The standard InChI is InChI=1S/C17H18O3S/c1-4-21-14-8-5-12(6-9-14)17(18)15-10-7-13(19-2)11-16(15)20-3/h5-11H,4H2,1-3H3.